The molecule has 25 heavy (non-hydrogen) atoms. The van der Waals surface area contributed by atoms with Crippen molar-refractivity contribution in [3.8, 4) is 0 Å². The third kappa shape index (κ3) is 3.90. The van der Waals surface area contributed by atoms with Crippen molar-refractivity contribution in [2.75, 3.05) is 26.2 Å². The monoisotopic (exact) mass is 341 g/mol. The summed E-state index contributed by atoms with van der Waals surface area (Å²) in [5.74, 6) is 2.01. The zero-order chi connectivity index (χ0) is 17.2. The van der Waals surface area contributed by atoms with Crippen molar-refractivity contribution in [2.24, 2.45) is 17.8 Å². The second kappa shape index (κ2) is 7.46. The first-order valence-corrected chi connectivity index (χ1v) is 10.0. The number of benzene rings is 1. The van der Waals surface area contributed by atoms with Gasteiger partial charge in [0.25, 0.3) is 0 Å². The van der Waals surface area contributed by atoms with E-state index in [1.165, 1.54) is 24.0 Å². The minimum atomic E-state index is 0.289. The molecule has 1 aromatic rings. The maximum atomic E-state index is 12.5. The first kappa shape index (κ1) is 17.0. The molecule has 1 amide bonds. The Kier molecular flexibility index (Phi) is 5.09. The van der Waals surface area contributed by atoms with Crippen LogP contribution in [0.25, 0.3) is 0 Å². The largest absolute Gasteiger partial charge is 0.354 e. The predicted molar refractivity (Wildman–Crippen MR) is 100 cm³/mol. The molecule has 0 radical (unpaired) electrons. The number of nitrogens with one attached hydrogen (secondary N) is 2. The van der Waals surface area contributed by atoms with Crippen LogP contribution in [0.4, 0.5) is 0 Å². The van der Waals surface area contributed by atoms with E-state index < -0.39 is 0 Å². The van der Waals surface area contributed by atoms with Gasteiger partial charge in [-0.3, -0.25) is 9.69 Å². The first-order chi connectivity index (χ1) is 12.2. The Morgan fingerprint density at radius 3 is 2.84 bits per heavy atom. The molecule has 1 aliphatic carbocycles. The number of rotatable bonds is 5. The topological polar surface area (TPSA) is 44.4 Å². The standard InChI is InChI=1S/C21H31N3O/c1-15(24-11-8-16-4-2-3-5-18(16)14-24)13-23-21(25)20-12-19(20)17-6-9-22-10-7-17/h2-5,15,17,19-20,22H,6-14H2,1H3,(H,23,25)/t15?,19-,20+/m0/s1. The lowest BCUT2D eigenvalue weighted by Crippen LogP contribution is -2.44. The molecule has 0 spiro atoms. The fourth-order valence-corrected chi connectivity index (χ4v) is 4.71. The van der Waals surface area contributed by atoms with Crippen molar-refractivity contribution in [3.05, 3.63) is 35.4 Å². The van der Waals surface area contributed by atoms with Gasteiger partial charge in [0.1, 0.15) is 0 Å². The van der Waals surface area contributed by atoms with Gasteiger partial charge < -0.3 is 10.6 Å². The molecule has 136 valence electrons. The maximum absolute atomic E-state index is 12.5. The molecule has 3 atom stereocenters. The van der Waals surface area contributed by atoms with Crippen LogP contribution in [-0.2, 0) is 17.8 Å². The Labute approximate surface area is 151 Å². The summed E-state index contributed by atoms with van der Waals surface area (Å²) in [5, 5.41) is 6.66. The average Bonchev–Trinajstić information content (AvgIpc) is 3.47. The van der Waals surface area contributed by atoms with E-state index >= 15 is 0 Å². The van der Waals surface area contributed by atoms with Gasteiger partial charge in [-0.05, 0) is 68.7 Å². The van der Waals surface area contributed by atoms with Gasteiger partial charge in [-0.1, -0.05) is 24.3 Å². The SMILES string of the molecule is CC(CNC(=O)[C@@H]1C[C@H]1C1CCNCC1)N1CCc2ccccc2C1. The Hall–Kier alpha value is -1.39. The molecule has 0 aromatic heterocycles. The minimum absolute atomic E-state index is 0.289. The lowest BCUT2D eigenvalue weighted by Gasteiger charge is -2.33. The lowest BCUT2D eigenvalue weighted by molar-refractivity contribution is -0.123. The minimum Gasteiger partial charge on any atom is -0.354 e. The third-order valence-electron chi connectivity index (χ3n) is 6.52. The summed E-state index contributed by atoms with van der Waals surface area (Å²) in [6.07, 6.45) is 4.73. The smallest absolute Gasteiger partial charge is 0.223 e. The average molecular weight is 341 g/mol. The van der Waals surface area contributed by atoms with Crippen LogP contribution < -0.4 is 10.6 Å². The molecule has 2 heterocycles. The summed E-state index contributed by atoms with van der Waals surface area (Å²) in [6.45, 7) is 7.37. The van der Waals surface area contributed by atoms with Crippen LogP contribution in [-0.4, -0.2) is 43.0 Å². The molecule has 4 nitrogen and oxygen atoms in total. The predicted octanol–water partition coefficient (Wildman–Crippen LogP) is 2.19. The van der Waals surface area contributed by atoms with Crippen LogP contribution in [0.2, 0.25) is 0 Å². The van der Waals surface area contributed by atoms with Gasteiger partial charge in [0.15, 0.2) is 0 Å². The van der Waals surface area contributed by atoms with Crippen LogP contribution in [0.15, 0.2) is 24.3 Å². The molecule has 1 aromatic carbocycles. The van der Waals surface area contributed by atoms with Gasteiger partial charge in [0, 0.05) is 31.6 Å². The molecule has 2 N–H and O–H groups in total. The second-order valence-electron chi connectivity index (χ2n) is 8.18. The summed E-state index contributed by atoms with van der Waals surface area (Å²) >= 11 is 0. The van der Waals surface area contributed by atoms with Crippen molar-refractivity contribution in [1.29, 1.82) is 0 Å². The number of nitrogens with zero attached hydrogens (tertiary/aromatic N) is 1. The summed E-state index contributed by atoms with van der Waals surface area (Å²) < 4.78 is 0. The highest BCUT2D eigenvalue weighted by molar-refractivity contribution is 5.81. The van der Waals surface area contributed by atoms with E-state index in [2.05, 4.69) is 46.7 Å². The van der Waals surface area contributed by atoms with E-state index in [9.17, 15) is 4.79 Å². The van der Waals surface area contributed by atoms with Crippen molar-refractivity contribution in [1.82, 2.24) is 15.5 Å². The molecule has 1 unspecified atom stereocenters. The summed E-state index contributed by atoms with van der Waals surface area (Å²) in [4.78, 5) is 15.0. The zero-order valence-corrected chi connectivity index (χ0v) is 15.3. The fraction of sp³-hybridized carbons (Fsp3) is 0.667. The Morgan fingerprint density at radius 1 is 1.28 bits per heavy atom. The Balaban J connectivity index is 1.23. The second-order valence-corrected chi connectivity index (χ2v) is 8.18. The van der Waals surface area contributed by atoms with Crippen LogP contribution in [0.1, 0.15) is 37.3 Å². The zero-order valence-electron chi connectivity index (χ0n) is 15.3. The molecule has 1 saturated heterocycles. The lowest BCUT2D eigenvalue weighted by atomic mass is 9.92. The van der Waals surface area contributed by atoms with Crippen LogP contribution >= 0.6 is 0 Å². The molecule has 4 heteroatoms. The highest BCUT2D eigenvalue weighted by Crippen LogP contribution is 2.47. The molecular formula is C21H31N3O. The molecule has 4 rings (SSSR count). The van der Waals surface area contributed by atoms with E-state index in [1.54, 1.807) is 0 Å². The first-order valence-electron chi connectivity index (χ1n) is 10.0. The van der Waals surface area contributed by atoms with Crippen LogP contribution in [0.3, 0.4) is 0 Å². The Morgan fingerprint density at radius 2 is 2.04 bits per heavy atom. The van der Waals surface area contributed by atoms with Crippen molar-refractivity contribution >= 4 is 5.91 Å². The number of piperidine rings is 1. The number of hydrogen-bond acceptors (Lipinski definition) is 3. The van der Waals surface area contributed by atoms with Gasteiger partial charge in [0.2, 0.25) is 5.91 Å². The Bertz CT molecular complexity index is 611. The summed E-state index contributed by atoms with van der Waals surface area (Å²) in [7, 11) is 0. The molecule has 3 aliphatic rings. The van der Waals surface area contributed by atoms with Gasteiger partial charge in [0.05, 0.1) is 0 Å². The highest BCUT2D eigenvalue weighted by atomic mass is 16.2. The van der Waals surface area contributed by atoms with Crippen molar-refractivity contribution < 1.29 is 4.79 Å². The summed E-state index contributed by atoms with van der Waals surface area (Å²) in [5.41, 5.74) is 2.93. The van der Waals surface area contributed by atoms with Crippen molar-refractivity contribution in [3.63, 3.8) is 0 Å². The third-order valence-corrected chi connectivity index (χ3v) is 6.52. The highest BCUT2D eigenvalue weighted by Gasteiger charge is 2.47. The number of carbonyl (C=O) groups is 1. The van der Waals surface area contributed by atoms with Crippen LogP contribution in [0, 0.1) is 17.8 Å². The number of carbonyl (C=O) groups excluding carboxylic acids is 1. The molecule has 0 bridgehead atoms. The van der Waals surface area contributed by atoms with E-state index in [0.717, 1.165) is 51.5 Å². The van der Waals surface area contributed by atoms with Gasteiger partial charge in [-0.15, -0.1) is 0 Å². The van der Waals surface area contributed by atoms with E-state index in [4.69, 9.17) is 0 Å². The van der Waals surface area contributed by atoms with Crippen molar-refractivity contribution in [2.45, 2.75) is 45.2 Å². The van der Waals surface area contributed by atoms with Gasteiger partial charge in [-0.2, -0.15) is 0 Å². The molecule has 2 fully saturated rings. The quantitative estimate of drug-likeness (QED) is 0.863. The normalized spacial score (nSPS) is 28.2. The molecular weight excluding hydrogens is 310 g/mol. The van der Waals surface area contributed by atoms with E-state index in [0.29, 0.717) is 17.9 Å². The number of hydrogen-bond donors (Lipinski definition) is 2. The molecule has 1 saturated carbocycles. The maximum Gasteiger partial charge on any atom is 0.223 e. The fourth-order valence-electron chi connectivity index (χ4n) is 4.71. The number of amides is 1. The van der Waals surface area contributed by atoms with Gasteiger partial charge >= 0.3 is 0 Å². The number of fused-ring (bicyclic) bond motifs is 1. The van der Waals surface area contributed by atoms with E-state index in [1.807, 2.05) is 0 Å². The molecule has 2 aliphatic heterocycles. The van der Waals surface area contributed by atoms with Crippen LogP contribution in [0.5, 0.6) is 0 Å². The van der Waals surface area contributed by atoms with Gasteiger partial charge in [-0.25, -0.2) is 0 Å². The van der Waals surface area contributed by atoms with E-state index in [-0.39, 0.29) is 5.92 Å². The summed E-state index contributed by atoms with van der Waals surface area (Å²) in [6, 6.07) is 9.14.